The molecule has 9 heteroatoms. The number of hydrogen-bond acceptors (Lipinski definition) is 7. The predicted molar refractivity (Wildman–Crippen MR) is 132 cm³/mol. The number of hydrogen-bond donors (Lipinski definition) is 0. The Morgan fingerprint density at radius 2 is 0.758 bits per heavy atom. The fourth-order valence-corrected chi connectivity index (χ4v) is 14.5. The summed E-state index contributed by atoms with van der Waals surface area (Å²) >= 11 is -4.71. The molecule has 0 fully saturated rings. The molecule has 7 nitrogen and oxygen atoms in total. The van der Waals surface area contributed by atoms with Crippen LogP contribution in [0.5, 0.6) is 0 Å². The van der Waals surface area contributed by atoms with Gasteiger partial charge in [-0.25, -0.2) is 0 Å². The zero-order chi connectivity index (χ0) is 26.3. The van der Waals surface area contributed by atoms with Crippen molar-refractivity contribution in [1.82, 2.24) is 0 Å². The van der Waals surface area contributed by atoms with Crippen molar-refractivity contribution in [2.24, 2.45) is 17.8 Å². The Labute approximate surface area is 212 Å². The van der Waals surface area contributed by atoms with E-state index >= 15 is 0 Å². The van der Waals surface area contributed by atoms with Crippen molar-refractivity contribution < 1.29 is 46.2 Å². The Bertz CT molecular complexity index is 476. The molecule has 0 aliphatic heterocycles. The van der Waals surface area contributed by atoms with Crippen LogP contribution < -0.4 is 0 Å². The topological polar surface area (TPSA) is 64.6 Å². The summed E-state index contributed by atoms with van der Waals surface area (Å²) < 4.78 is 45.7. The molecule has 0 atom stereocenters. The summed E-state index contributed by atoms with van der Waals surface area (Å²) in [7, 11) is -3.83. The van der Waals surface area contributed by atoms with Crippen LogP contribution in [0.25, 0.3) is 0 Å². The van der Waals surface area contributed by atoms with Gasteiger partial charge >= 0.3 is 214 Å². The molecule has 0 amide bonds. The molecule has 200 valence electrons. The molecular formula is C24H54O7SiZr. The zero-order valence-electron chi connectivity index (χ0n) is 24.2. The van der Waals surface area contributed by atoms with E-state index in [2.05, 4.69) is 41.5 Å². The molecule has 0 heterocycles. The van der Waals surface area contributed by atoms with E-state index in [1.807, 2.05) is 62.3 Å². The summed E-state index contributed by atoms with van der Waals surface area (Å²) in [6.07, 6.45) is 0. The van der Waals surface area contributed by atoms with E-state index in [9.17, 15) is 0 Å². The van der Waals surface area contributed by atoms with Gasteiger partial charge in [-0.05, 0) is 0 Å². The van der Waals surface area contributed by atoms with Gasteiger partial charge in [-0.15, -0.1) is 0 Å². The van der Waals surface area contributed by atoms with Crippen LogP contribution >= 0.6 is 0 Å². The second-order valence-electron chi connectivity index (χ2n) is 12.9. The predicted octanol–water partition coefficient (Wildman–Crippen LogP) is 6.72. The molecule has 0 spiro atoms. The van der Waals surface area contributed by atoms with E-state index in [0.29, 0.717) is 19.8 Å². The van der Waals surface area contributed by atoms with Gasteiger partial charge < -0.3 is 0 Å². The summed E-state index contributed by atoms with van der Waals surface area (Å²) in [6.45, 7) is 31.6. The Kier molecular flexibility index (Phi) is 13.7. The van der Waals surface area contributed by atoms with E-state index in [4.69, 9.17) is 24.2 Å². The van der Waals surface area contributed by atoms with E-state index in [1.165, 1.54) is 0 Å². The minimum absolute atomic E-state index is 0.279. The van der Waals surface area contributed by atoms with Crippen LogP contribution in [-0.2, 0) is 46.2 Å². The van der Waals surface area contributed by atoms with Gasteiger partial charge in [-0.2, -0.15) is 0 Å². The number of rotatable bonds is 14. The molecule has 0 unspecified atom stereocenters. The van der Waals surface area contributed by atoms with Crippen LogP contribution in [0.3, 0.4) is 0 Å². The van der Waals surface area contributed by atoms with Crippen molar-refractivity contribution >= 4 is 9.05 Å². The quantitative estimate of drug-likeness (QED) is 0.214. The van der Waals surface area contributed by atoms with Gasteiger partial charge in [0.2, 0.25) is 0 Å². The van der Waals surface area contributed by atoms with Crippen molar-refractivity contribution in [1.29, 1.82) is 0 Å². The first-order valence-electron chi connectivity index (χ1n) is 12.3. The summed E-state index contributed by atoms with van der Waals surface area (Å²) in [6, 6.07) is 0. The third-order valence-electron chi connectivity index (χ3n) is 3.32. The van der Waals surface area contributed by atoms with Crippen LogP contribution in [0.2, 0.25) is 0 Å². The molecule has 0 aromatic rings. The fourth-order valence-electron chi connectivity index (χ4n) is 2.42. The van der Waals surface area contributed by atoms with Crippen LogP contribution in [0, 0.1) is 17.8 Å². The monoisotopic (exact) mass is 572 g/mol. The van der Waals surface area contributed by atoms with E-state index in [1.54, 1.807) is 0 Å². The summed E-state index contributed by atoms with van der Waals surface area (Å²) in [5, 5.41) is 0. The van der Waals surface area contributed by atoms with Crippen molar-refractivity contribution in [2.45, 2.75) is 121 Å². The minimum atomic E-state index is -4.71. The second kappa shape index (κ2) is 13.4. The van der Waals surface area contributed by atoms with Gasteiger partial charge in [0.25, 0.3) is 0 Å². The normalized spacial score (nSPS) is 14.7. The maximum atomic E-state index is 6.82. The maximum absolute atomic E-state index is 6.82. The van der Waals surface area contributed by atoms with Gasteiger partial charge in [-0.1, -0.05) is 0 Å². The van der Waals surface area contributed by atoms with Crippen molar-refractivity contribution in [3.8, 4) is 0 Å². The molecule has 0 rings (SSSR count). The molecule has 0 radical (unpaired) electrons. The fraction of sp³-hybridized carbons (Fsp3) is 1.00. The molecule has 33 heavy (non-hydrogen) atoms. The molecule has 0 bridgehead atoms. The van der Waals surface area contributed by atoms with Gasteiger partial charge in [0, 0.05) is 0 Å². The van der Waals surface area contributed by atoms with Gasteiger partial charge in [0.1, 0.15) is 0 Å². The molecule has 0 saturated heterocycles. The van der Waals surface area contributed by atoms with E-state index < -0.39 is 47.9 Å². The van der Waals surface area contributed by atoms with Gasteiger partial charge in [0.15, 0.2) is 0 Å². The molecular weight excluding hydrogens is 520 g/mol. The molecule has 0 aromatic heterocycles. The first kappa shape index (κ1) is 33.8. The molecule has 0 N–H and O–H groups in total. The SMILES string of the molecule is CC(C)C[O][Zr]([O]CC(C)C)([O]CC(C)C)[O][Si](OC(C)(C)C)(OC(C)(C)C)OC(C)(C)C. The van der Waals surface area contributed by atoms with Crippen molar-refractivity contribution in [3.05, 3.63) is 0 Å². The first-order valence-corrected chi connectivity index (χ1v) is 17.9. The van der Waals surface area contributed by atoms with E-state index in [-0.39, 0.29) is 17.8 Å². The third-order valence-corrected chi connectivity index (χ3v) is 13.9. The zero-order valence-corrected chi connectivity index (χ0v) is 27.7. The molecule has 0 aliphatic rings. The van der Waals surface area contributed by atoms with Crippen LogP contribution in [0.15, 0.2) is 0 Å². The Balaban J connectivity index is 6.64. The van der Waals surface area contributed by atoms with Crippen LogP contribution in [0.1, 0.15) is 104 Å². The summed E-state index contributed by atoms with van der Waals surface area (Å²) in [5.74, 6) is 0.838. The average molecular weight is 574 g/mol. The Hall–Kier alpha value is 0.820. The average Bonchev–Trinajstić information content (AvgIpc) is 2.50. The van der Waals surface area contributed by atoms with Crippen LogP contribution in [0.4, 0.5) is 0 Å². The van der Waals surface area contributed by atoms with E-state index in [0.717, 1.165) is 0 Å². The first-order chi connectivity index (χ1) is 14.6. The summed E-state index contributed by atoms with van der Waals surface area (Å²) in [5.41, 5.74) is -1.77. The molecule has 0 aliphatic carbocycles. The van der Waals surface area contributed by atoms with Crippen molar-refractivity contribution in [3.63, 3.8) is 0 Å². The summed E-state index contributed by atoms with van der Waals surface area (Å²) in [4.78, 5) is 0. The van der Waals surface area contributed by atoms with Gasteiger partial charge in [0.05, 0.1) is 0 Å². The second-order valence-corrected chi connectivity index (χ2v) is 20.8. The Morgan fingerprint density at radius 3 is 0.939 bits per heavy atom. The molecule has 0 aromatic carbocycles. The van der Waals surface area contributed by atoms with Crippen LogP contribution in [-0.4, -0.2) is 45.7 Å². The van der Waals surface area contributed by atoms with Gasteiger partial charge in [-0.3, -0.25) is 0 Å². The molecule has 0 saturated carbocycles. The standard InChI is InChI=1S/C12H27O4Si.3C4H9O.Zr/c1-10(2,3)14-17(13,15-11(4,5)6)16-12(7,8)9;3*1-4(2)3-5;/h1-9H3;3*4H,3H2,1-2H3;/q4*-1;+4. The van der Waals surface area contributed by atoms with Crippen molar-refractivity contribution in [2.75, 3.05) is 19.8 Å². The third kappa shape index (κ3) is 17.0. The Morgan fingerprint density at radius 1 is 0.515 bits per heavy atom.